The number of hydrogen-bond acceptors (Lipinski definition) is 6. The second-order valence-corrected chi connectivity index (χ2v) is 7.00. The third-order valence-corrected chi connectivity index (χ3v) is 4.84. The minimum absolute atomic E-state index is 0.731. The molecule has 0 unspecified atom stereocenters. The molecule has 1 fully saturated rings. The summed E-state index contributed by atoms with van der Waals surface area (Å²) in [4.78, 5) is 24.0. The van der Waals surface area contributed by atoms with Crippen LogP contribution in [0.1, 0.15) is 11.5 Å². The van der Waals surface area contributed by atoms with Gasteiger partial charge in [-0.3, -0.25) is 9.88 Å². The van der Waals surface area contributed by atoms with E-state index in [1.165, 1.54) is 5.69 Å². The molecule has 0 radical (unpaired) electrons. The third kappa shape index (κ3) is 3.68. The molecule has 7 heteroatoms. The van der Waals surface area contributed by atoms with Crippen molar-refractivity contribution in [3.8, 4) is 0 Å². The van der Waals surface area contributed by atoms with E-state index in [1.54, 1.807) is 0 Å². The Morgan fingerprint density at radius 1 is 1.04 bits per heavy atom. The predicted molar refractivity (Wildman–Crippen MR) is 103 cm³/mol. The van der Waals surface area contributed by atoms with Crippen molar-refractivity contribution in [3.63, 3.8) is 0 Å². The van der Waals surface area contributed by atoms with Crippen molar-refractivity contribution in [3.05, 3.63) is 48.2 Å². The van der Waals surface area contributed by atoms with E-state index in [0.29, 0.717) is 0 Å². The van der Waals surface area contributed by atoms with E-state index in [1.807, 2.05) is 30.6 Å². The molecule has 0 amide bonds. The maximum atomic E-state index is 4.70. The van der Waals surface area contributed by atoms with Gasteiger partial charge in [-0.05, 0) is 32.3 Å². The zero-order valence-corrected chi connectivity index (χ0v) is 15.4. The summed E-state index contributed by atoms with van der Waals surface area (Å²) in [7, 11) is 4.25. The quantitative estimate of drug-likeness (QED) is 0.755. The summed E-state index contributed by atoms with van der Waals surface area (Å²) < 4.78 is 0. The Balaban J connectivity index is 1.51. The zero-order valence-electron chi connectivity index (χ0n) is 15.4. The van der Waals surface area contributed by atoms with Gasteiger partial charge in [0.2, 0.25) is 0 Å². The van der Waals surface area contributed by atoms with E-state index in [2.05, 4.69) is 49.8 Å². The van der Waals surface area contributed by atoms with Crippen LogP contribution in [0.3, 0.4) is 0 Å². The molecular formula is C19H25N7. The fourth-order valence-electron chi connectivity index (χ4n) is 3.41. The molecule has 26 heavy (non-hydrogen) atoms. The molecule has 3 aromatic heterocycles. The number of aromatic nitrogens is 4. The average Bonchev–Trinajstić information content (AvgIpc) is 3.05. The summed E-state index contributed by atoms with van der Waals surface area (Å²) >= 11 is 0. The Hall–Kier alpha value is -2.51. The number of H-pyrrole nitrogens is 1. The van der Waals surface area contributed by atoms with E-state index < -0.39 is 0 Å². The van der Waals surface area contributed by atoms with Gasteiger partial charge in [0.05, 0.1) is 17.9 Å². The molecule has 1 N–H and O–H groups in total. The Labute approximate surface area is 153 Å². The average molecular weight is 351 g/mol. The normalized spacial score (nSPS) is 15.9. The number of rotatable bonds is 5. The first kappa shape index (κ1) is 16.9. The van der Waals surface area contributed by atoms with Crippen molar-refractivity contribution in [1.29, 1.82) is 0 Å². The van der Waals surface area contributed by atoms with Crippen molar-refractivity contribution >= 4 is 16.9 Å². The molecule has 7 nitrogen and oxygen atoms in total. The Morgan fingerprint density at radius 3 is 2.65 bits per heavy atom. The molecule has 0 atom stereocenters. The molecule has 0 spiro atoms. The molecule has 0 aromatic carbocycles. The molecule has 0 bridgehead atoms. The van der Waals surface area contributed by atoms with Crippen molar-refractivity contribution in [1.82, 2.24) is 29.7 Å². The first-order valence-corrected chi connectivity index (χ1v) is 9.04. The van der Waals surface area contributed by atoms with E-state index in [9.17, 15) is 0 Å². The van der Waals surface area contributed by atoms with Crippen molar-refractivity contribution in [2.75, 3.05) is 45.2 Å². The fraction of sp³-hybridized carbons (Fsp3) is 0.421. The molecule has 4 heterocycles. The van der Waals surface area contributed by atoms with Gasteiger partial charge in [-0.2, -0.15) is 0 Å². The van der Waals surface area contributed by atoms with Crippen LogP contribution in [0.5, 0.6) is 0 Å². The van der Waals surface area contributed by atoms with Crippen LogP contribution in [0.4, 0.5) is 5.69 Å². The number of fused-ring (bicyclic) bond motifs is 1. The molecular weight excluding hydrogens is 326 g/mol. The van der Waals surface area contributed by atoms with Crippen LogP contribution in [0.15, 0.2) is 36.7 Å². The smallest absolute Gasteiger partial charge is 0.179 e. The molecule has 0 saturated carbocycles. The lowest BCUT2D eigenvalue weighted by molar-refractivity contribution is 0.308. The van der Waals surface area contributed by atoms with Gasteiger partial charge >= 0.3 is 0 Å². The largest absolute Gasteiger partial charge is 0.367 e. The second-order valence-electron chi connectivity index (χ2n) is 7.00. The first-order valence-electron chi connectivity index (χ1n) is 9.04. The zero-order chi connectivity index (χ0) is 17.9. The predicted octanol–water partition coefficient (Wildman–Crippen LogP) is 1.74. The fourth-order valence-corrected chi connectivity index (χ4v) is 3.41. The number of piperazine rings is 1. The summed E-state index contributed by atoms with van der Waals surface area (Å²) in [5.74, 6) is 0.938. The number of nitrogens with one attached hydrogen (secondary N) is 1. The number of aromatic amines is 1. The number of pyridine rings is 2. The topological polar surface area (TPSA) is 64.2 Å². The number of hydrogen-bond donors (Lipinski definition) is 1. The Bertz CT molecular complexity index is 853. The Morgan fingerprint density at radius 2 is 1.88 bits per heavy atom. The van der Waals surface area contributed by atoms with Crippen LogP contribution >= 0.6 is 0 Å². The summed E-state index contributed by atoms with van der Waals surface area (Å²) in [5, 5.41) is 0. The SMILES string of the molecule is CN1CCN(c2ccnc3nc(CN(C)Cc4ccccn4)[nH]c23)CC1. The van der Waals surface area contributed by atoms with Gasteiger partial charge in [-0.1, -0.05) is 6.07 Å². The van der Waals surface area contributed by atoms with E-state index in [0.717, 1.165) is 62.0 Å². The van der Waals surface area contributed by atoms with Gasteiger partial charge in [-0.15, -0.1) is 0 Å². The van der Waals surface area contributed by atoms with E-state index in [4.69, 9.17) is 4.98 Å². The summed E-state index contributed by atoms with van der Waals surface area (Å²) in [5.41, 5.74) is 4.09. The van der Waals surface area contributed by atoms with Crippen LogP contribution in [-0.2, 0) is 13.1 Å². The highest BCUT2D eigenvalue weighted by Gasteiger charge is 2.18. The first-order chi connectivity index (χ1) is 12.7. The number of anilines is 1. The van der Waals surface area contributed by atoms with Gasteiger partial charge < -0.3 is 14.8 Å². The van der Waals surface area contributed by atoms with Crippen LogP contribution < -0.4 is 4.90 Å². The van der Waals surface area contributed by atoms with Crippen LogP contribution in [-0.4, -0.2) is 70.0 Å². The second kappa shape index (κ2) is 7.39. The molecule has 4 rings (SSSR count). The van der Waals surface area contributed by atoms with Gasteiger partial charge in [0.1, 0.15) is 11.3 Å². The highest BCUT2D eigenvalue weighted by atomic mass is 15.3. The van der Waals surface area contributed by atoms with E-state index in [-0.39, 0.29) is 0 Å². The highest BCUT2D eigenvalue weighted by Crippen LogP contribution is 2.24. The molecule has 136 valence electrons. The summed E-state index contributed by atoms with van der Waals surface area (Å²) in [6.45, 7) is 5.74. The molecule has 0 aliphatic carbocycles. The van der Waals surface area contributed by atoms with Gasteiger partial charge in [0, 0.05) is 45.1 Å². The lowest BCUT2D eigenvalue weighted by Gasteiger charge is -2.34. The molecule has 3 aromatic rings. The van der Waals surface area contributed by atoms with Gasteiger partial charge in [0.15, 0.2) is 5.65 Å². The minimum Gasteiger partial charge on any atom is -0.367 e. The lowest BCUT2D eigenvalue weighted by Crippen LogP contribution is -2.44. The molecule has 1 aliphatic heterocycles. The number of imidazole rings is 1. The van der Waals surface area contributed by atoms with Crippen molar-refractivity contribution in [2.45, 2.75) is 13.1 Å². The molecule has 1 saturated heterocycles. The van der Waals surface area contributed by atoms with Crippen molar-refractivity contribution < 1.29 is 0 Å². The standard InChI is InChI=1S/C19H25N7/c1-24-9-11-26(12-10-24)16-6-8-21-19-18(16)22-17(23-19)14-25(2)13-15-5-3-4-7-20-15/h3-8H,9-14H2,1-2H3,(H,21,22,23). The number of likely N-dealkylation sites (N-methyl/N-ethyl adjacent to an activating group) is 1. The van der Waals surface area contributed by atoms with Crippen LogP contribution in [0, 0.1) is 0 Å². The minimum atomic E-state index is 0.731. The van der Waals surface area contributed by atoms with Gasteiger partial charge in [-0.25, -0.2) is 9.97 Å². The summed E-state index contributed by atoms with van der Waals surface area (Å²) in [6.07, 6.45) is 3.69. The maximum Gasteiger partial charge on any atom is 0.179 e. The van der Waals surface area contributed by atoms with Gasteiger partial charge in [0.25, 0.3) is 0 Å². The monoisotopic (exact) mass is 351 g/mol. The third-order valence-electron chi connectivity index (χ3n) is 4.84. The Kier molecular flexibility index (Phi) is 4.81. The van der Waals surface area contributed by atoms with Crippen molar-refractivity contribution in [2.24, 2.45) is 0 Å². The highest BCUT2D eigenvalue weighted by molar-refractivity contribution is 5.86. The summed E-state index contributed by atoms with van der Waals surface area (Å²) in [6, 6.07) is 8.09. The van der Waals surface area contributed by atoms with Crippen LogP contribution in [0.25, 0.3) is 11.2 Å². The van der Waals surface area contributed by atoms with Crippen LogP contribution in [0.2, 0.25) is 0 Å². The van der Waals surface area contributed by atoms with E-state index >= 15 is 0 Å². The maximum absolute atomic E-state index is 4.70. The molecule has 1 aliphatic rings. The lowest BCUT2D eigenvalue weighted by atomic mass is 10.2. The number of nitrogens with zero attached hydrogens (tertiary/aromatic N) is 6.